The summed E-state index contributed by atoms with van der Waals surface area (Å²) in [6.45, 7) is 0. The Morgan fingerprint density at radius 3 is 0.882 bits per heavy atom. The summed E-state index contributed by atoms with van der Waals surface area (Å²) < 4.78 is 51.6. The van der Waals surface area contributed by atoms with Crippen LogP contribution in [0.1, 0.15) is 0 Å². The minimum Gasteiger partial charge on any atom is -0.790 e. The summed E-state index contributed by atoms with van der Waals surface area (Å²) in [6, 6.07) is 0. The molecule has 0 spiro atoms. The molecule has 4 N–H and O–H groups in total. The Labute approximate surface area is 128 Å². The van der Waals surface area contributed by atoms with E-state index in [-0.39, 0.29) is 46.9 Å². The largest absolute Gasteiger partial charge is 3.00 e. The SMILES string of the molecule is O=P(O)(O)O.O=P([O-])([O-])O.O=S(=O)([O-])[O-].[Al+3].[Na+]. The van der Waals surface area contributed by atoms with E-state index >= 15 is 0 Å². The molecule has 17 heavy (non-hydrogen) atoms. The van der Waals surface area contributed by atoms with Gasteiger partial charge in [-0.2, -0.15) is 0 Å². The topological polar surface area (TPSA) is 241 Å². The van der Waals surface area contributed by atoms with Crippen molar-refractivity contribution in [1.29, 1.82) is 0 Å². The average molecular weight is 340 g/mol. The molecule has 0 aliphatic carbocycles. The van der Waals surface area contributed by atoms with E-state index in [9.17, 15) is 0 Å². The monoisotopic (exact) mass is 340 g/mol. The van der Waals surface area contributed by atoms with Crippen molar-refractivity contribution in [3.05, 3.63) is 0 Å². The summed E-state index contributed by atoms with van der Waals surface area (Å²) in [7, 11) is -14.9. The van der Waals surface area contributed by atoms with Gasteiger partial charge in [0, 0.05) is 10.4 Å². The molecule has 0 fully saturated rings. The first kappa shape index (κ1) is 31.2. The zero-order valence-electron chi connectivity index (χ0n) is 7.93. The summed E-state index contributed by atoms with van der Waals surface area (Å²) in [5.74, 6) is 0. The maximum Gasteiger partial charge on any atom is 3.00 e. The molecule has 0 rings (SSSR count). The molecule has 0 amide bonds. The molecule has 0 aromatic heterocycles. The summed E-state index contributed by atoms with van der Waals surface area (Å²) in [6.07, 6.45) is 0. The standard InChI is InChI=1S/Al.Na.2H3O4P.H2O4S/c;;3*1-5(2,3)4/h;;2*(H3,1,2,3,4);(H2,1,2,3,4)/q+3;+1;;;/p-4. The molecule has 0 atom stereocenters. The molecule has 0 aliphatic rings. The summed E-state index contributed by atoms with van der Waals surface area (Å²) in [4.78, 5) is 45.8. The fourth-order valence-electron chi connectivity index (χ4n) is 0. The predicted molar refractivity (Wildman–Crippen MR) is 40.3 cm³/mol. The van der Waals surface area contributed by atoms with E-state index in [2.05, 4.69) is 0 Å². The molecule has 0 aliphatic heterocycles. The van der Waals surface area contributed by atoms with Gasteiger partial charge in [0.2, 0.25) is 0 Å². The van der Waals surface area contributed by atoms with Crippen LogP contribution < -0.4 is 39.3 Å². The van der Waals surface area contributed by atoms with Crippen molar-refractivity contribution in [3.63, 3.8) is 0 Å². The molecular formula is H4AlNaO12P2S. The maximum absolute atomic E-state index is 8.88. The molecule has 0 radical (unpaired) electrons. The van der Waals surface area contributed by atoms with Crippen LogP contribution in [0.3, 0.4) is 0 Å². The molecule has 0 heterocycles. The van der Waals surface area contributed by atoms with Crippen LogP contribution in [-0.2, 0) is 19.5 Å². The fraction of sp³-hybridized carbons (Fsp3) is 0. The van der Waals surface area contributed by atoms with Gasteiger partial charge in [0.1, 0.15) is 0 Å². The number of hydrogen-bond acceptors (Lipinski definition) is 8. The summed E-state index contributed by atoms with van der Waals surface area (Å²) in [5.41, 5.74) is 0. The van der Waals surface area contributed by atoms with Crippen LogP contribution in [-0.4, -0.2) is 54.5 Å². The molecule has 0 saturated heterocycles. The Kier molecular flexibility index (Phi) is 23.2. The van der Waals surface area contributed by atoms with Crippen molar-refractivity contribution in [2.45, 2.75) is 0 Å². The van der Waals surface area contributed by atoms with Gasteiger partial charge in [-0.15, -0.1) is 0 Å². The first-order valence-electron chi connectivity index (χ1n) is 2.20. The first-order chi connectivity index (χ1) is 6.00. The minimum absolute atomic E-state index is 0. The maximum atomic E-state index is 8.88. The van der Waals surface area contributed by atoms with Crippen molar-refractivity contribution >= 4 is 43.4 Å². The first-order valence-corrected chi connectivity index (χ1v) is 6.59. The van der Waals surface area contributed by atoms with Crippen LogP contribution in [0.15, 0.2) is 0 Å². The van der Waals surface area contributed by atoms with Gasteiger partial charge in [-0.25, -0.2) is 4.57 Å². The van der Waals surface area contributed by atoms with E-state index in [1.165, 1.54) is 0 Å². The Morgan fingerprint density at radius 1 is 0.882 bits per heavy atom. The van der Waals surface area contributed by atoms with Crippen molar-refractivity contribution < 1.29 is 85.6 Å². The van der Waals surface area contributed by atoms with E-state index < -0.39 is 26.0 Å². The van der Waals surface area contributed by atoms with Crippen molar-refractivity contribution in [3.8, 4) is 0 Å². The van der Waals surface area contributed by atoms with Crippen LogP contribution in [0.5, 0.6) is 0 Å². The third-order valence-corrected chi connectivity index (χ3v) is 0. The molecule has 12 nitrogen and oxygen atoms in total. The van der Waals surface area contributed by atoms with Gasteiger partial charge in [0.05, 0.1) is 7.82 Å². The zero-order chi connectivity index (χ0) is 13.5. The summed E-state index contributed by atoms with van der Waals surface area (Å²) >= 11 is 0. The Balaban J connectivity index is -0.0000000400. The second-order valence-electron chi connectivity index (χ2n) is 1.39. The molecule has 0 unspecified atom stereocenters. The average Bonchev–Trinajstić information content (AvgIpc) is 1.41. The van der Waals surface area contributed by atoms with Crippen LogP contribution in [0.4, 0.5) is 0 Å². The van der Waals surface area contributed by atoms with Gasteiger partial charge < -0.3 is 43.0 Å². The summed E-state index contributed by atoms with van der Waals surface area (Å²) in [5, 5.41) is 0. The van der Waals surface area contributed by atoms with E-state index in [0.29, 0.717) is 0 Å². The fourth-order valence-corrected chi connectivity index (χ4v) is 0. The van der Waals surface area contributed by atoms with E-state index in [1.807, 2.05) is 0 Å². The van der Waals surface area contributed by atoms with Crippen molar-refractivity contribution in [2.24, 2.45) is 0 Å². The zero-order valence-corrected chi connectivity index (χ0v) is 13.7. The van der Waals surface area contributed by atoms with Gasteiger partial charge in [0.25, 0.3) is 0 Å². The van der Waals surface area contributed by atoms with E-state index in [4.69, 9.17) is 56.0 Å². The number of phosphoric acid groups is 2. The van der Waals surface area contributed by atoms with Gasteiger partial charge in [-0.05, 0) is 0 Å². The van der Waals surface area contributed by atoms with E-state index in [1.54, 1.807) is 0 Å². The van der Waals surface area contributed by atoms with Gasteiger partial charge >= 0.3 is 54.7 Å². The Hall–Kier alpha value is 1.62. The van der Waals surface area contributed by atoms with Gasteiger partial charge in [-0.3, -0.25) is 8.42 Å². The molecule has 0 bridgehead atoms. The van der Waals surface area contributed by atoms with Crippen LogP contribution in [0, 0.1) is 0 Å². The van der Waals surface area contributed by atoms with Crippen LogP contribution in [0.2, 0.25) is 0 Å². The molecule has 17 heteroatoms. The van der Waals surface area contributed by atoms with Crippen molar-refractivity contribution in [1.82, 2.24) is 0 Å². The second-order valence-corrected chi connectivity index (χ2v) is 4.17. The van der Waals surface area contributed by atoms with Crippen molar-refractivity contribution in [2.75, 3.05) is 0 Å². The van der Waals surface area contributed by atoms with Crippen LogP contribution in [0.25, 0.3) is 0 Å². The molecule has 96 valence electrons. The predicted octanol–water partition coefficient (Wildman–Crippen LogP) is -7.84. The Morgan fingerprint density at radius 2 is 0.882 bits per heavy atom. The van der Waals surface area contributed by atoms with Gasteiger partial charge in [-0.1, -0.05) is 0 Å². The van der Waals surface area contributed by atoms with Crippen LogP contribution >= 0.6 is 15.6 Å². The third-order valence-electron chi connectivity index (χ3n) is 0. The Bertz CT molecular complexity index is 289. The second kappa shape index (κ2) is 12.6. The molecule has 0 aromatic carbocycles. The number of rotatable bonds is 0. The normalized spacial score (nSPS) is 10.4. The van der Waals surface area contributed by atoms with E-state index in [0.717, 1.165) is 0 Å². The quantitative estimate of drug-likeness (QED) is 0.139. The molecular weight excluding hydrogens is 336 g/mol. The molecule has 0 aromatic rings. The van der Waals surface area contributed by atoms with Gasteiger partial charge in [0.15, 0.2) is 0 Å². The number of hydrogen-bond donors (Lipinski definition) is 4. The minimum atomic E-state index is -5.17. The smallest absolute Gasteiger partial charge is 0.790 e. The molecule has 0 saturated carbocycles. The third kappa shape index (κ3) is 1630.